The third-order valence-corrected chi connectivity index (χ3v) is 3.97. The van der Waals surface area contributed by atoms with Crippen LogP contribution in [0.25, 0.3) is 0 Å². The lowest BCUT2D eigenvalue weighted by molar-refractivity contribution is -0.137. The molecular weight excluding hydrogens is 348 g/mol. The second-order valence-corrected chi connectivity index (χ2v) is 6.17. The fourth-order valence-corrected chi connectivity index (χ4v) is 2.51. The molecule has 0 heterocycles. The Balaban J connectivity index is 2.01. The van der Waals surface area contributed by atoms with Gasteiger partial charge in [0.2, 0.25) is 0 Å². The minimum Gasteiger partial charge on any atom is -0.481 e. The number of hydrogen-bond acceptors (Lipinski definition) is 5. The number of carboxylic acid groups (broad SMARTS) is 1. The van der Waals surface area contributed by atoms with Gasteiger partial charge >= 0.3 is 12.1 Å². The van der Waals surface area contributed by atoms with Crippen molar-refractivity contribution in [2.75, 3.05) is 0 Å². The Morgan fingerprint density at radius 2 is 1.52 bits per heavy atom. The number of imide groups is 1. The fraction of sp³-hybridized carbons (Fsp3) is 0.250. The summed E-state index contributed by atoms with van der Waals surface area (Å²) in [4.78, 5) is 35.3. The lowest BCUT2D eigenvalue weighted by Crippen LogP contribution is -2.54. The van der Waals surface area contributed by atoms with Gasteiger partial charge in [-0.15, -0.1) is 5.32 Å². The topological polar surface area (TPSA) is 121 Å². The molecule has 0 aliphatic rings. The molecule has 0 aromatic heterocycles. The molecule has 7 heteroatoms. The highest BCUT2D eigenvalue weighted by Crippen LogP contribution is 2.18. The van der Waals surface area contributed by atoms with Crippen molar-refractivity contribution in [1.82, 2.24) is 5.32 Å². The normalized spacial score (nSPS) is 12.6. The summed E-state index contributed by atoms with van der Waals surface area (Å²) in [7, 11) is 0. The van der Waals surface area contributed by atoms with Crippen LogP contribution in [0, 0.1) is 0 Å². The summed E-state index contributed by atoms with van der Waals surface area (Å²) >= 11 is 0. The van der Waals surface area contributed by atoms with Crippen molar-refractivity contribution in [3.8, 4) is 0 Å². The molecule has 141 valence electrons. The van der Waals surface area contributed by atoms with Crippen LogP contribution in [0.3, 0.4) is 0 Å². The molecule has 2 aromatic carbocycles. The third kappa shape index (κ3) is 6.56. The van der Waals surface area contributed by atoms with Crippen LogP contribution in [0.2, 0.25) is 0 Å². The summed E-state index contributed by atoms with van der Waals surface area (Å²) < 4.78 is 4.97. The molecule has 0 fully saturated rings. The van der Waals surface area contributed by atoms with Crippen molar-refractivity contribution in [2.24, 2.45) is 5.73 Å². The molecule has 2 aromatic rings. The van der Waals surface area contributed by atoms with Gasteiger partial charge in [-0.3, -0.25) is 9.59 Å². The summed E-state index contributed by atoms with van der Waals surface area (Å²) in [5.41, 5.74) is 6.05. The Morgan fingerprint density at radius 1 is 0.963 bits per heavy atom. The maximum atomic E-state index is 12.5. The highest BCUT2D eigenvalue weighted by atomic mass is 16.5. The number of carbonyl (C=O) groups is 3. The van der Waals surface area contributed by atoms with Crippen LogP contribution >= 0.6 is 0 Å². The largest absolute Gasteiger partial charge is 0.481 e. The fourth-order valence-electron chi connectivity index (χ4n) is 2.51. The Kier molecular flexibility index (Phi) is 7.08. The van der Waals surface area contributed by atoms with Crippen molar-refractivity contribution >= 4 is 18.0 Å². The number of nitrogens with zero attached hydrogens (tertiary/aromatic N) is 1. The van der Waals surface area contributed by atoms with Crippen LogP contribution in [0.1, 0.15) is 24.0 Å². The number of aliphatic carboxylic acids is 1. The number of rotatable bonds is 8. The molecule has 0 unspecified atom stereocenters. The molecule has 7 nitrogen and oxygen atoms in total. The van der Waals surface area contributed by atoms with E-state index in [4.69, 9.17) is 15.6 Å². The summed E-state index contributed by atoms with van der Waals surface area (Å²) in [6.45, 7) is -0.0260. The molecule has 0 saturated heterocycles. The zero-order valence-corrected chi connectivity index (χ0v) is 14.7. The van der Waals surface area contributed by atoms with Gasteiger partial charge in [0, 0.05) is 6.42 Å². The van der Waals surface area contributed by atoms with E-state index in [2.05, 4.69) is 5.32 Å². The molecule has 3 N–H and O–H groups in total. The lowest BCUT2D eigenvalue weighted by atomic mass is 9.86. The number of carboxylic acids is 1. The van der Waals surface area contributed by atoms with Crippen LogP contribution in [0.5, 0.6) is 0 Å². The van der Waals surface area contributed by atoms with Gasteiger partial charge in [0.25, 0.3) is 5.91 Å². The van der Waals surface area contributed by atoms with E-state index in [0.29, 0.717) is 0 Å². The van der Waals surface area contributed by atoms with E-state index in [1.807, 2.05) is 12.1 Å². The van der Waals surface area contributed by atoms with Crippen LogP contribution in [-0.2, 0) is 27.4 Å². The van der Waals surface area contributed by atoms with Gasteiger partial charge in [0.15, 0.2) is 0 Å². The number of nitrogens with two attached hydrogens (primary N) is 1. The van der Waals surface area contributed by atoms with Crippen LogP contribution in [0.15, 0.2) is 60.7 Å². The van der Waals surface area contributed by atoms with Crippen molar-refractivity contribution in [3.05, 3.63) is 71.8 Å². The maximum absolute atomic E-state index is 12.5. The minimum absolute atomic E-state index is 0.0260. The van der Waals surface area contributed by atoms with Gasteiger partial charge in [-0.25, -0.2) is 4.79 Å². The van der Waals surface area contributed by atoms with E-state index in [-0.39, 0.29) is 25.9 Å². The Morgan fingerprint density at radius 3 is 2.07 bits per heavy atom. The summed E-state index contributed by atoms with van der Waals surface area (Å²) in [6, 6.07) is 17.9. The van der Waals surface area contributed by atoms with Crippen LogP contribution < -0.4 is 11.1 Å². The second-order valence-electron chi connectivity index (χ2n) is 6.17. The van der Waals surface area contributed by atoms with Gasteiger partial charge in [-0.1, -0.05) is 60.7 Å². The molecular formula is C20H21N2O5. The van der Waals surface area contributed by atoms with Gasteiger partial charge < -0.3 is 15.6 Å². The molecule has 27 heavy (non-hydrogen) atoms. The van der Waals surface area contributed by atoms with E-state index in [0.717, 1.165) is 11.1 Å². The monoisotopic (exact) mass is 369 g/mol. The first-order valence-electron chi connectivity index (χ1n) is 8.40. The molecule has 2 amide bonds. The van der Waals surface area contributed by atoms with Gasteiger partial charge in [0.1, 0.15) is 12.1 Å². The number of ether oxygens (including phenoxy) is 1. The number of carbonyl (C=O) groups excluding carboxylic acids is 2. The van der Waals surface area contributed by atoms with E-state index >= 15 is 0 Å². The number of benzene rings is 2. The molecule has 1 radical (unpaired) electrons. The number of hydrogen-bond donors (Lipinski definition) is 2. The van der Waals surface area contributed by atoms with Gasteiger partial charge in [-0.2, -0.15) is 0 Å². The quantitative estimate of drug-likeness (QED) is 0.736. The van der Waals surface area contributed by atoms with Crippen LogP contribution in [0.4, 0.5) is 4.79 Å². The zero-order valence-electron chi connectivity index (χ0n) is 14.7. The maximum Gasteiger partial charge on any atom is 0.437 e. The summed E-state index contributed by atoms with van der Waals surface area (Å²) in [5.74, 6) is -1.98. The Bertz CT molecular complexity index is 779. The van der Waals surface area contributed by atoms with E-state index in [1.54, 1.807) is 48.5 Å². The zero-order chi connectivity index (χ0) is 19.7. The molecule has 0 aliphatic heterocycles. The standard InChI is InChI=1S/C20H21N2O5/c21-20(12-11-17(23)24,13-15-7-3-1-4-8-15)18(25)22-19(26)27-14-16-9-5-2-6-10-16/h1-10H,11-14,21H2,(H,23,24)/t20-/m1/s1. The summed E-state index contributed by atoms with van der Waals surface area (Å²) in [5, 5.41) is 12.3. The molecule has 0 aliphatic carbocycles. The lowest BCUT2D eigenvalue weighted by Gasteiger charge is -2.26. The molecule has 0 spiro atoms. The minimum atomic E-state index is -1.61. The number of amides is 2. The van der Waals surface area contributed by atoms with Crippen molar-refractivity contribution in [1.29, 1.82) is 0 Å². The highest BCUT2D eigenvalue weighted by molar-refractivity contribution is 5.97. The third-order valence-electron chi connectivity index (χ3n) is 3.97. The van der Waals surface area contributed by atoms with Gasteiger partial charge in [0.05, 0.1) is 0 Å². The summed E-state index contributed by atoms with van der Waals surface area (Å²) in [6.07, 6.45) is -1.45. The van der Waals surface area contributed by atoms with Crippen molar-refractivity contribution in [2.45, 2.75) is 31.4 Å². The SMILES string of the molecule is N[C@](CCC(=O)O)(Cc1ccccc1)C(=O)[N]C(=O)OCc1ccccc1. The molecule has 2 rings (SSSR count). The Labute approximate surface area is 157 Å². The smallest absolute Gasteiger partial charge is 0.437 e. The van der Waals surface area contributed by atoms with Crippen LogP contribution in [-0.4, -0.2) is 28.6 Å². The van der Waals surface area contributed by atoms with E-state index in [1.165, 1.54) is 0 Å². The van der Waals surface area contributed by atoms with E-state index in [9.17, 15) is 14.4 Å². The average Bonchev–Trinajstić information content (AvgIpc) is 2.66. The molecule has 1 atom stereocenters. The first-order valence-corrected chi connectivity index (χ1v) is 8.40. The van der Waals surface area contributed by atoms with Crippen molar-refractivity contribution in [3.63, 3.8) is 0 Å². The van der Waals surface area contributed by atoms with Crippen molar-refractivity contribution < 1.29 is 24.2 Å². The first-order chi connectivity index (χ1) is 12.9. The van der Waals surface area contributed by atoms with E-state index < -0.39 is 23.5 Å². The Hall–Kier alpha value is -3.19. The van der Waals surface area contributed by atoms with Gasteiger partial charge in [-0.05, 0) is 24.0 Å². The molecule has 0 bridgehead atoms. The predicted octanol–water partition coefficient (Wildman–Crippen LogP) is 2.26. The predicted molar refractivity (Wildman–Crippen MR) is 97.7 cm³/mol. The second kappa shape index (κ2) is 9.49. The highest BCUT2D eigenvalue weighted by Gasteiger charge is 2.37. The first kappa shape index (κ1) is 20.1. The average molecular weight is 369 g/mol. The molecule has 0 saturated carbocycles.